The zero-order valence-electron chi connectivity index (χ0n) is 24.0. The fourth-order valence-electron chi connectivity index (χ4n) is 6.71. The molecule has 3 amide bonds. The molecule has 1 aromatic heterocycles. The second-order valence-corrected chi connectivity index (χ2v) is 11.8. The minimum absolute atomic E-state index is 0.149. The van der Waals surface area contributed by atoms with Crippen LogP contribution in [-0.2, 0) is 22.7 Å². The Kier molecular flexibility index (Phi) is 7.03. The molecule has 3 aromatic carbocycles. The van der Waals surface area contributed by atoms with Crippen LogP contribution >= 0.6 is 0 Å². The number of rotatable bonds is 5. The lowest BCUT2D eigenvalue weighted by Gasteiger charge is -2.32. The van der Waals surface area contributed by atoms with Crippen LogP contribution in [0.4, 0.5) is 0 Å². The summed E-state index contributed by atoms with van der Waals surface area (Å²) in [5.41, 5.74) is 5.38. The van der Waals surface area contributed by atoms with Gasteiger partial charge in [0.2, 0.25) is 11.8 Å². The maximum absolute atomic E-state index is 13.4. The molecule has 3 aliphatic heterocycles. The van der Waals surface area contributed by atoms with E-state index in [1.807, 2.05) is 30.3 Å². The van der Waals surface area contributed by atoms with Crippen LogP contribution in [0.2, 0.25) is 0 Å². The number of nitriles is 1. The minimum atomic E-state index is -0.609. The second-order valence-electron chi connectivity index (χ2n) is 11.8. The van der Waals surface area contributed by atoms with Crippen LogP contribution in [0, 0.1) is 11.3 Å². The van der Waals surface area contributed by atoms with Gasteiger partial charge in [0.25, 0.3) is 11.5 Å². The minimum Gasteiger partial charge on any atom is -0.322 e. The highest BCUT2D eigenvalue weighted by atomic mass is 16.2. The van der Waals surface area contributed by atoms with Crippen molar-refractivity contribution in [2.24, 2.45) is 0 Å². The Morgan fingerprint density at radius 2 is 1.80 bits per heavy atom. The van der Waals surface area contributed by atoms with Crippen molar-refractivity contribution in [2.75, 3.05) is 13.1 Å². The molecule has 1 atom stereocenters. The molecule has 4 heterocycles. The van der Waals surface area contributed by atoms with Gasteiger partial charge in [0.05, 0.1) is 28.2 Å². The summed E-state index contributed by atoms with van der Waals surface area (Å²) in [6.45, 7) is 2.91. The molecule has 0 saturated carbocycles. The lowest BCUT2D eigenvalue weighted by molar-refractivity contribution is -0.136. The Morgan fingerprint density at radius 3 is 2.59 bits per heavy atom. The van der Waals surface area contributed by atoms with Crippen molar-refractivity contribution >= 4 is 28.6 Å². The van der Waals surface area contributed by atoms with Gasteiger partial charge in [-0.3, -0.25) is 34.0 Å². The third-order valence-electron chi connectivity index (χ3n) is 9.09. The van der Waals surface area contributed by atoms with Crippen molar-refractivity contribution in [1.82, 2.24) is 24.7 Å². The van der Waals surface area contributed by atoms with Gasteiger partial charge in [-0.15, -0.1) is 0 Å². The van der Waals surface area contributed by atoms with Crippen molar-refractivity contribution in [3.63, 3.8) is 0 Å². The van der Waals surface area contributed by atoms with Gasteiger partial charge >= 0.3 is 0 Å². The number of carbonyl (C=O) groups is 3. The first-order valence-electron chi connectivity index (χ1n) is 14.9. The van der Waals surface area contributed by atoms with Crippen LogP contribution in [0.3, 0.4) is 0 Å². The monoisotopic (exact) mass is 586 g/mol. The molecule has 7 rings (SSSR count). The summed E-state index contributed by atoms with van der Waals surface area (Å²) in [5, 5.41) is 12.1. The van der Waals surface area contributed by atoms with E-state index in [4.69, 9.17) is 0 Å². The van der Waals surface area contributed by atoms with Crippen molar-refractivity contribution < 1.29 is 14.4 Å². The summed E-state index contributed by atoms with van der Waals surface area (Å²) in [6.07, 6.45) is 4.05. The van der Waals surface area contributed by atoms with E-state index in [-0.39, 0.29) is 23.8 Å². The van der Waals surface area contributed by atoms with E-state index in [0.717, 1.165) is 43.6 Å². The van der Waals surface area contributed by atoms with E-state index in [2.05, 4.69) is 27.3 Å². The van der Waals surface area contributed by atoms with Crippen molar-refractivity contribution in [3.05, 3.63) is 105 Å². The molecule has 2 saturated heterocycles. The topological polar surface area (TPSA) is 128 Å². The van der Waals surface area contributed by atoms with Gasteiger partial charge in [-0.1, -0.05) is 24.3 Å². The summed E-state index contributed by atoms with van der Waals surface area (Å²) in [7, 11) is 0. The van der Waals surface area contributed by atoms with Gasteiger partial charge in [0.1, 0.15) is 12.4 Å². The Hall–Kier alpha value is -5.14. The normalized spacial score (nSPS) is 19.2. The number of piperidine rings is 2. The van der Waals surface area contributed by atoms with Crippen LogP contribution in [0.25, 0.3) is 16.6 Å². The maximum Gasteiger partial charge on any atom is 0.265 e. The van der Waals surface area contributed by atoms with Gasteiger partial charge in [-0.25, -0.2) is 4.98 Å². The highest BCUT2D eigenvalue weighted by molar-refractivity contribution is 6.05. The number of nitrogens with zero attached hydrogens (tertiary/aromatic N) is 5. The standard InChI is InChI=1S/C34H30N6O4/c35-17-21-2-1-3-26(14-21)40-20-36-29-7-4-22(15-28(29)34(40)44)18-38-12-10-23(11-13-38)24-5-6-27-25(16-24)19-39(33(27)43)30-8-9-31(41)37-32(30)42/h1-7,14-16,20,23,30H,8-13,18-19H2,(H,37,41,42). The first-order chi connectivity index (χ1) is 21.4. The predicted molar refractivity (Wildman–Crippen MR) is 162 cm³/mol. The molecule has 0 spiro atoms. The highest BCUT2D eigenvalue weighted by Gasteiger charge is 2.39. The van der Waals surface area contributed by atoms with Crippen LogP contribution < -0.4 is 10.9 Å². The molecule has 0 bridgehead atoms. The molecule has 10 heteroatoms. The number of fused-ring (bicyclic) bond motifs is 2. The van der Waals surface area contributed by atoms with Crippen molar-refractivity contribution in [3.8, 4) is 11.8 Å². The average Bonchev–Trinajstić information content (AvgIpc) is 3.37. The largest absolute Gasteiger partial charge is 0.322 e. The molecule has 220 valence electrons. The lowest BCUT2D eigenvalue weighted by atomic mass is 9.87. The van der Waals surface area contributed by atoms with E-state index >= 15 is 0 Å². The summed E-state index contributed by atoms with van der Waals surface area (Å²) in [5.74, 6) is -0.463. The summed E-state index contributed by atoms with van der Waals surface area (Å²) < 4.78 is 1.48. The lowest BCUT2D eigenvalue weighted by Crippen LogP contribution is -2.52. The van der Waals surface area contributed by atoms with Gasteiger partial charge in [-0.2, -0.15) is 5.26 Å². The Morgan fingerprint density at radius 1 is 0.955 bits per heavy atom. The molecular formula is C34H30N6O4. The second kappa shape index (κ2) is 11.2. The number of aromatic nitrogens is 2. The highest BCUT2D eigenvalue weighted by Crippen LogP contribution is 2.34. The first-order valence-corrected chi connectivity index (χ1v) is 14.9. The third-order valence-corrected chi connectivity index (χ3v) is 9.09. The quantitative estimate of drug-likeness (QED) is 0.355. The number of likely N-dealkylation sites (tertiary alicyclic amines) is 1. The van der Waals surface area contributed by atoms with Crippen LogP contribution in [0.5, 0.6) is 0 Å². The van der Waals surface area contributed by atoms with Crippen LogP contribution in [0.15, 0.2) is 71.8 Å². The zero-order valence-corrected chi connectivity index (χ0v) is 24.0. The molecule has 4 aromatic rings. The van der Waals surface area contributed by atoms with Crippen LogP contribution in [0.1, 0.15) is 64.2 Å². The molecule has 44 heavy (non-hydrogen) atoms. The molecule has 3 aliphatic rings. The predicted octanol–water partition coefficient (Wildman–Crippen LogP) is 3.40. The van der Waals surface area contributed by atoms with Gasteiger partial charge in [-0.05, 0) is 91.4 Å². The molecule has 0 radical (unpaired) electrons. The van der Waals surface area contributed by atoms with Gasteiger partial charge < -0.3 is 4.90 Å². The zero-order chi connectivity index (χ0) is 30.4. The number of hydrogen-bond acceptors (Lipinski definition) is 7. The van der Waals surface area contributed by atoms with Gasteiger partial charge in [0.15, 0.2) is 0 Å². The summed E-state index contributed by atoms with van der Waals surface area (Å²) in [4.78, 5) is 58.9. The van der Waals surface area contributed by atoms with Crippen LogP contribution in [-0.4, -0.2) is 56.2 Å². The van der Waals surface area contributed by atoms with E-state index < -0.39 is 11.9 Å². The third kappa shape index (κ3) is 5.05. The SMILES string of the molecule is N#Cc1cccc(-n2cnc3ccc(CN4CCC(c5ccc6c(c5)CN(C5CCC(=O)NC5=O)C6=O)CC4)cc3c2=O)c1. The van der Waals surface area contributed by atoms with E-state index in [1.54, 1.807) is 29.2 Å². The fourth-order valence-corrected chi connectivity index (χ4v) is 6.71. The molecule has 0 aliphatic carbocycles. The number of imide groups is 1. The Labute approximate surface area is 253 Å². The van der Waals surface area contributed by atoms with E-state index in [1.165, 1.54) is 16.5 Å². The number of amides is 3. The Bertz CT molecular complexity index is 1930. The average molecular weight is 587 g/mol. The smallest absolute Gasteiger partial charge is 0.265 e. The van der Waals surface area contributed by atoms with Crippen molar-refractivity contribution in [2.45, 2.75) is 50.7 Å². The van der Waals surface area contributed by atoms with E-state index in [9.17, 15) is 24.4 Å². The molecule has 10 nitrogen and oxygen atoms in total. The fraction of sp³-hybridized carbons (Fsp3) is 0.294. The Balaban J connectivity index is 1.02. The van der Waals surface area contributed by atoms with Crippen molar-refractivity contribution in [1.29, 1.82) is 5.26 Å². The molecule has 2 fully saturated rings. The molecular weight excluding hydrogens is 556 g/mol. The van der Waals surface area contributed by atoms with Gasteiger partial charge in [0, 0.05) is 25.1 Å². The number of benzene rings is 3. The molecule has 1 N–H and O–H groups in total. The molecule has 1 unspecified atom stereocenters. The number of nitrogens with one attached hydrogen (secondary N) is 1. The maximum atomic E-state index is 13.4. The van der Waals surface area contributed by atoms with E-state index in [0.29, 0.717) is 46.6 Å². The summed E-state index contributed by atoms with van der Waals surface area (Å²) >= 11 is 0. The number of hydrogen-bond donors (Lipinski definition) is 1. The first kappa shape index (κ1) is 27.7. The summed E-state index contributed by atoms with van der Waals surface area (Å²) in [6, 6.07) is 20.3. The number of carbonyl (C=O) groups excluding carboxylic acids is 3.